The first kappa shape index (κ1) is 17.7. The van der Waals surface area contributed by atoms with E-state index in [1.807, 2.05) is 0 Å². The van der Waals surface area contributed by atoms with Gasteiger partial charge in [0, 0.05) is 37.2 Å². The second-order valence-corrected chi connectivity index (χ2v) is 7.44. The molecule has 2 aromatic rings. The van der Waals surface area contributed by atoms with Crippen molar-refractivity contribution in [1.82, 2.24) is 24.8 Å². The lowest BCUT2D eigenvalue weighted by Crippen LogP contribution is -2.55. The number of hydrogen-bond acceptors (Lipinski definition) is 5. The summed E-state index contributed by atoms with van der Waals surface area (Å²) in [7, 11) is 0. The maximum absolute atomic E-state index is 12.4. The van der Waals surface area contributed by atoms with Crippen LogP contribution in [0.3, 0.4) is 0 Å². The second kappa shape index (κ2) is 7.48. The smallest absolute Gasteiger partial charge is 0.317 e. The number of pyridine rings is 1. The molecule has 0 bridgehead atoms. The summed E-state index contributed by atoms with van der Waals surface area (Å²) in [5.74, 6) is 0.428. The first-order chi connectivity index (χ1) is 13.1. The van der Waals surface area contributed by atoms with Crippen LogP contribution in [-0.2, 0) is 4.79 Å². The minimum absolute atomic E-state index is 0.0848. The van der Waals surface area contributed by atoms with E-state index >= 15 is 0 Å². The molecule has 2 aliphatic carbocycles. The first-order valence-corrected chi connectivity index (χ1v) is 9.29. The minimum atomic E-state index is -0.785. The van der Waals surface area contributed by atoms with Gasteiger partial charge < -0.3 is 10.4 Å². The highest BCUT2D eigenvalue weighted by atomic mass is 16.4. The molecule has 0 spiro atoms. The number of rotatable bonds is 8. The summed E-state index contributed by atoms with van der Waals surface area (Å²) < 4.78 is 1.77. The minimum Gasteiger partial charge on any atom is -0.480 e. The van der Waals surface area contributed by atoms with Gasteiger partial charge in [0.2, 0.25) is 0 Å². The SMILES string of the molecule is O=C(O)CN(CC1CC1)C1CC(NC(=O)c2ccc(-n3ccnc3)nc2)C1. The Balaban J connectivity index is 1.28. The zero-order valence-electron chi connectivity index (χ0n) is 15.0. The van der Waals surface area contributed by atoms with Crippen LogP contribution < -0.4 is 5.32 Å². The Labute approximate surface area is 157 Å². The normalized spacial score (nSPS) is 21.7. The summed E-state index contributed by atoms with van der Waals surface area (Å²) in [5.41, 5.74) is 0.516. The summed E-state index contributed by atoms with van der Waals surface area (Å²) in [6.07, 6.45) is 10.7. The molecule has 2 fully saturated rings. The van der Waals surface area contributed by atoms with Gasteiger partial charge in [-0.3, -0.25) is 19.1 Å². The summed E-state index contributed by atoms with van der Waals surface area (Å²) in [4.78, 5) is 33.8. The fraction of sp³-hybridized carbons (Fsp3) is 0.474. The van der Waals surface area contributed by atoms with Crippen molar-refractivity contribution >= 4 is 11.9 Å². The molecule has 2 aliphatic rings. The van der Waals surface area contributed by atoms with E-state index in [0.717, 1.165) is 19.4 Å². The van der Waals surface area contributed by atoms with Gasteiger partial charge >= 0.3 is 5.97 Å². The molecule has 1 amide bonds. The Kier molecular flexibility index (Phi) is 4.89. The van der Waals surface area contributed by atoms with Crippen LogP contribution in [-0.4, -0.2) is 61.6 Å². The number of aromatic nitrogens is 3. The number of aliphatic carboxylic acids is 1. The molecule has 2 heterocycles. The number of carbonyl (C=O) groups excluding carboxylic acids is 1. The number of amides is 1. The number of carboxylic acid groups (broad SMARTS) is 1. The Morgan fingerprint density at radius 3 is 2.70 bits per heavy atom. The van der Waals surface area contributed by atoms with E-state index in [9.17, 15) is 9.59 Å². The topological polar surface area (TPSA) is 100 Å². The van der Waals surface area contributed by atoms with Crippen molar-refractivity contribution in [3.63, 3.8) is 0 Å². The zero-order valence-corrected chi connectivity index (χ0v) is 15.0. The van der Waals surface area contributed by atoms with Crippen LogP contribution in [0.15, 0.2) is 37.1 Å². The number of carboxylic acids is 1. The molecular weight excluding hydrogens is 346 g/mol. The van der Waals surface area contributed by atoms with Gasteiger partial charge in [0.25, 0.3) is 5.91 Å². The van der Waals surface area contributed by atoms with Crippen molar-refractivity contribution in [3.05, 3.63) is 42.6 Å². The van der Waals surface area contributed by atoms with E-state index in [4.69, 9.17) is 5.11 Å². The Hall–Kier alpha value is -2.74. The van der Waals surface area contributed by atoms with Gasteiger partial charge in [-0.05, 0) is 43.7 Å². The third kappa shape index (κ3) is 4.33. The van der Waals surface area contributed by atoms with Gasteiger partial charge in [-0.1, -0.05) is 0 Å². The average Bonchev–Trinajstić information content (AvgIpc) is 3.26. The molecule has 2 N–H and O–H groups in total. The fourth-order valence-electron chi connectivity index (χ4n) is 3.49. The predicted molar refractivity (Wildman–Crippen MR) is 97.6 cm³/mol. The first-order valence-electron chi connectivity index (χ1n) is 9.29. The largest absolute Gasteiger partial charge is 0.480 e. The maximum atomic E-state index is 12.4. The van der Waals surface area contributed by atoms with E-state index in [0.29, 0.717) is 17.3 Å². The summed E-state index contributed by atoms with van der Waals surface area (Å²) in [6, 6.07) is 3.86. The van der Waals surface area contributed by atoms with Gasteiger partial charge in [0.1, 0.15) is 12.1 Å². The Bertz CT molecular complexity index is 795. The van der Waals surface area contributed by atoms with Crippen molar-refractivity contribution in [2.75, 3.05) is 13.1 Å². The molecule has 142 valence electrons. The molecule has 0 aliphatic heterocycles. The van der Waals surface area contributed by atoms with Crippen LogP contribution in [0.1, 0.15) is 36.0 Å². The molecule has 0 atom stereocenters. The van der Waals surface area contributed by atoms with Crippen molar-refractivity contribution in [3.8, 4) is 5.82 Å². The quantitative estimate of drug-likeness (QED) is 0.728. The van der Waals surface area contributed by atoms with Gasteiger partial charge in [0.05, 0.1) is 12.1 Å². The number of hydrogen-bond donors (Lipinski definition) is 2. The molecule has 27 heavy (non-hydrogen) atoms. The highest BCUT2D eigenvalue weighted by Crippen LogP contribution is 2.33. The van der Waals surface area contributed by atoms with Gasteiger partial charge in [-0.25, -0.2) is 9.97 Å². The third-order valence-corrected chi connectivity index (χ3v) is 5.27. The van der Waals surface area contributed by atoms with Gasteiger partial charge in [-0.2, -0.15) is 0 Å². The van der Waals surface area contributed by atoms with Crippen LogP contribution in [0.5, 0.6) is 0 Å². The molecule has 4 rings (SSSR count). The lowest BCUT2D eigenvalue weighted by molar-refractivity contribution is -0.139. The Morgan fingerprint density at radius 2 is 2.11 bits per heavy atom. The summed E-state index contributed by atoms with van der Waals surface area (Å²) in [5, 5.41) is 12.1. The van der Waals surface area contributed by atoms with E-state index in [2.05, 4.69) is 20.2 Å². The van der Waals surface area contributed by atoms with Crippen LogP contribution in [0.2, 0.25) is 0 Å². The monoisotopic (exact) mass is 369 g/mol. The summed E-state index contributed by atoms with van der Waals surface area (Å²) >= 11 is 0. The van der Waals surface area contributed by atoms with Crippen LogP contribution in [0.4, 0.5) is 0 Å². The zero-order chi connectivity index (χ0) is 18.8. The standard InChI is InChI=1S/C19H23N5O3/c25-18(26)11-24(10-13-1-2-13)16-7-15(8-16)22-19(27)14-3-4-17(21-9-14)23-6-5-20-12-23/h3-6,9,12-13,15-16H,1-2,7-8,10-11H2,(H,22,27)(H,25,26). The van der Waals surface area contributed by atoms with Crippen molar-refractivity contribution in [2.24, 2.45) is 5.92 Å². The number of carbonyl (C=O) groups is 2. The van der Waals surface area contributed by atoms with Crippen molar-refractivity contribution < 1.29 is 14.7 Å². The molecule has 8 nitrogen and oxygen atoms in total. The predicted octanol–water partition coefficient (Wildman–Crippen LogP) is 1.32. The molecule has 0 saturated heterocycles. The molecule has 8 heteroatoms. The number of nitrogens with zero attached hydrogens (tertiary/aromatic N) is 4. The highest BCUT2D eigenvalue weighted by molar-refractivity contribution is 5.94. The molecule has 0 aromatic carbocycles. The lowest BCUT2D eigenvalue weighted by Gasteiger charge is -2.42. The second-order valence-electron chi connectivity index (χ2n) is 7.44. The van der Waals surface area contributed by atoms with Crippen LogP contribution in [0, 0.1) is 5.92 Å². The third-order valence-electron chi connectivity index (χ3n) is 5.27. The van der Waals surface area contributed by atoms with E-state index in [-0.39, 0.29) is 24.5 Å². The van der Waals surface area contributed by atoms with Gasteiger partial charge in [-0.15, -0.1) is 0 Å². The number of nitrogens with one attached hydrogen (secondary N) is 1. The van der Waals surface area contributed by atoms with Gasteiger partial charge in [0.15, 0.2) is 0 Å². The Morgan fingerprint density at radius 1 is 1.30 bits per heavy atom. The summed E-state index contributed by atoms with van der Waals surface area (Å²) in [6.45, 7) is 0.943. The highest BCUT2D eigenvalue weighted by Gasteiger charge is 2.37. The van der Waals surface area contributed by atoms with E-state index in [1.54, 1.807) is 41.6 Å². The van der Waals surface area contributed by atoms with Crippen LogP contribution >= 0.6 is 0 Å². The molecular formula is C19H23N5O3. The van der Waals surface area contributed by atoms with E-state index < -0.39 is 5.97 Å². The number of imidazole rings is 1. The van der Waals surface area contributed by atoms with Crippen molar-refractivity contribution in [2.45, 2.75) is 37.8 Å². The van der Waals surface area contributed by atoms with Crippen molar-refractivity contribution in [1.29, 1.82) is 0 Å². The molecule has 0 radical (unpaired) electrons. The fourth-order valence-corrected chi connectivity index (χ4v) is 3.49. The lowest BCUT2D eigenvalue weighted by atomic mass is 9.85. The average molecular weight is 369 g/mol. The molecule has 2 aromatic heterocycles. The maximum Gasteiger partial charge on any atom is 0.317 e. The van der Waals surface area contributed by atoms with Crippen LogP contribution in [0.25, 0.3) is 5.82 Å². The molecule has 2 saturated carbocycles. The van der Waals surface area contributed by atoms with E-state index in [1.165, 1.54) is 12.8 Å². The molecule has 0 unspecified atom stereocenters.